The fourth-order valence-corrected chi connectivity index (χ4v) is 4.59. The highest BCUT2D eigenvalue weighted by atomic mass is 32.2. The molecule has 1 aromatic heterocycles. The van der Waals surface area contributed by atoms with Gasteiger partial charge >= 0.3 is 0 Å². The normalized spacial score (nSPS) is 15.7. The number of nitrogens with zero attached hydrogens (tertiary/aromatic N) is 2. The molecule has 1 heterocycles. The summed E-state index contributed by atoms with van der Waals surface area (Å²) < 4.78 is 49.4. The van der Waals surface area contributed by atoms with Crippen molar-refractivity contribution in [1.82, 2.24) is 10.2 Å². The molecule has 11 heteroatoms. The van der Waals surface area contributed by atoms with E-state index in [1.165, 1.54) is 29.5 Å². The Balaban J connectivity index is 1.88. The summed E-state index contributed by atoms with van der Waals surface area (Å²) in [7, 11) is -7.93. The van der Waals surface area contributed by atoms with Gasteiger partial charge in [-0.25, -0.2) is 22.0 Å². The molecule has 0 amide bonds. The van der Waals surface area contributed by atoms with Gasteiger partial charge in [0.15, 0.2) is 0 Å². The van der Waals surface area contributed by atoms with Gasteiger partial charge in [-0.15, -0.1) is 10.2 Å². The average molecular weight is 360 g/mol. The molecule has 1 aliphatic rings. The maximum atomic E-state index is 12.3. The van der Waals surface area contributed by atoms with Crippen LogP contribution >= 0.6 is 11.3 Å². The third kappa shape index (κ3) is 3.27. The lowest BCUT2D eigenvalue weighted by Crippen LogP contribution is -2.16. The summed E-state index contributed by atoms with van der Waals surface area (Å²) in [6.07, 6.45) is 2.08. The molecule has 8 nitrogen and oxygen atoms in total. The van der Waals surface area contributed by atoms with Gasteiger partial charge in [0.2, 0.25) is 15.2 Å². The van der Waals surface area contributed by atoms with Crippen LogP contribution in [-0.4, -0.2) is 27.0 Å². The van der Waals surface area contributed by atoms with Gasteiger partial charge in [0, 0.05) is 5.92 Å². The topological polar surface area (TPSA) is 132 Å². The van der Waals surface area contributed by atoms with E-state index in [-0.39, 0.29) is 14.9 Å². The van der Waals surface area contributed by atoms with Gasteiger partial charge < -0.3 is 0 Å². The SMILES string of the molecule is NS(=O)(=O)c1cccc(S(=O)(=O)Nc2nnc(C3CC3)s2)c1. The Hall–Kier alpha value is -1.56. The summed E-state index contributed by atoms with van der Waals surface area (Å²) in [5.41, 5.74) is 0. The average Bonchev–Trinajstić information content (AvgIpc) is 3.19. The number of hydrogen-bond acceptors (Lipinski definition) is 7. The first-order valence-corrected chi connectivity index (χ1v) is 10.1. The van der Waals surface area contributed by atoms with E-state index in [0.29, 0.717) is 5.92 Å². The van der Waals surface area contributed by atoms with Gasteiger partial charge in [-0.05, 0) is 31.0 Å². The number of nitrogens with one attached hydrogen (secondary N) is 1. The number of nitrogens with two attached hydrogens (primary N) is 1. The zero-order chi connectivity index (χ0) is 16.0. The molecule has 0 atom stereocenters. The summed E-state index contributed by atoms with van der Waals surface area (Å²) >= 11 is 1.18. The molecule has 0 saturated heterocycles. The van der Waals surface area contributed by atoms with Crippen molar-refractivity contribution in [3.63, 3.8) is 0 Å². The van der Waals surface area contributed by atoms with Crippen molar-refractivity contribution in [1.29, 1.82) is 0 Å². The van der Waals surface area contributed by atoms with Crippen LogP contribution in [0.5, 0.6) is 0 Å². The minimum atomic E-state index is -3.97. The number of benzene rings is 1. The van der Waals surface area contributed by atoms with Crippen LogP contribution in [-0.2, 0) is 20.0 Å². The summed E-state index contributed by atoms with van der Waals surface area (Å²) in [4.78, 5) is -0.478. The second-order valence-electron chi connectivity index (χ2n) is 4.85. The Bertz CT molecular complexity index is 916. The smallest absolute Gasteiger partial charge is 0.253 e. The molecule has 0 radical (unpaired) electrons. The maximum Gasteiger partial charge on any atom is 0.263 e. The number of rotatable bonds is 5. The molecular weight excluding hydrogens is 348 g/mol. The van der Waals surface area contributed by atoms with Crippen molar-refractivity contribution >= 4 is 36.5 Å². The first-order chi connectivity index (χ1) is 10.3. The van der Waals surface area contributed by atoms with Crippen LogP contribution in [0.1, 0.15) is 23.8 Å². The van der Waals surface area contributed by atoms with Crippen LogP contribution in [0, 0.1) is 0 Å². The van der Waals surface area contributed by atoms with Crippen LogP contribution in [0.3, 0.4) is 0 Å². The van der Waals surface area contributed by atoms with E-state index in [1.807, 2.05) is 0 Å². The highest BCUT2D eigenvalue weighted by Crippen LogP contribution is 2.42. The fraction of sp³-hybridized carbons (Fsp3) is 0.273. The largest absolute Gasteiger partial charge is 0.263 e. The van der Waals surface area contributed by atoms with E-state index >= 15 is 0 Å². The number of primary sulfonamides is 1. The Morgan fingerprint density at radius 2 is 1.82 bits per heavy atom. The minimum absolute atomic E-state index is 0.155. The summed E-state index contributed by atoms with van der Waals surface area (Å²) in [6.45, 7) is 0. The number of hydrogen-bond donors (Lipinski definition) is 2. The zero-order valence-electron chi connectivity index (χ0n) is 11.1. The molecule has 1 aliphatic carbocycles. The van der Waals surface area contributed by atoms with Crippen molar-refractivity contribution in [2.75, 3.05) is 4.72 Å². The van der Waals surface area contributed by atoms with Gasteiger partial charge in [0.25, 0.3) is 10.0 Å². The van der Waals surface area contributed by atoms with Crippen LogP contribution < -0.4 is 9.86 Å². The first-order valence-electron chi connectivity index (χ1n) is 6.25. The lowest BCUT2D eigenvalue weighted by atomic mass is 10.4. The molecule has 0 spiro atoms. The zero-order valence-corrected chi connectivity index (χ0v) is 13.6. The minimum Gasteiger partial charge on any atom is -0.253 e. The maximum absolute atomic E-state index is 12.3. The molecule has 3 rings (SSSR count). The third-order valence-electron chi connectivity index (χ3n) is 3.03. The third-order valence-corrected chi connectivity index (χ3v) is 6.41. The molecule has 0 bridgehead atoms. The van der Waals surface area contributed by atoms with Crippen molar-refractivity contribution in [3.8, 4) is 0 Å². The Morgan fingerprint density at radius 1 is 1.14 bits per heavy atom. The van der Waals surface area contributed by atoms with Gasteiger partial charge in [-0.3, -0.25) is 4.72 Å². The number of anilines is 1. The van der Waals surface area contributed by atoms with Crippen LogP contribution in [0.15, 0.2) is 34.1 Å². The lowest BCUT2D eigenvalue weighted by molar-refractivity contribution is 0.597. The standard InChI is InChI=1S/C11H12N4O4S3/c12-21(16,17)8-2-1-3-9(6-8)22(18,19)15-11-14-13-10(20-11)7-4-5-7/h1-3,6-7H,4-5H2,(H,14,15)(H2,12,16,17). The predicted octanol–water partition coefficient (Wildman–Crippen LogP) is 0.864. The Labute approximate surface area is 131 Å². The summed E-state index contributed by atoms with van der Waals surface area (Å²) in [6, 6.07) is 4.81. The lowest BCUT2D eigenvalue weighted by Gasteiger charge is -2.06. The van der Waals surface area contributed by atoms with E-state index in [4.69, 9.17) is 5.14 Å². The molecule has 0 unspecified atom stereocenters. The van der Waals surface area contributed by atoms with Gasteiger partial charge in [0.05, 0.1) is 9.79 Å². The molecular formula is C11H12N4O4S3. The summed E-state index contributed by atoms with van der Waals surface area (Å²) in [5, 5.41) is 13.7. The number of aromatic nitrogens is 2. The van der Waals surface area contributed by atoms with E-state index in [2.05, 4.69) is 14.9 Å². The predicted molar refractivity (Wildman–Crippen MR) is 80.5 cm³/mol. The molecule has 0 aliphatic heterocycles. The van der Waals surface area contributed by atoms with Crippen molar-refractivity contribution < 1.29 is 16.8 Å². The first kappa shape index (κ1) is 15.3. The van der Waals surface area contributed by atoms with E-state index in [9.17, 15) is 16.8 Å². The van der Waals surface area contributed by atoms with Gasteiger partial charge in [-0.2, -0.15) is 0 Å². The van der Waals surface area contributed by atoms with E-state index < -0.39 is 20.0 Å². The quantitative estimate of drug-likeness (QED) is 0.813. The van der Waals surface area contributed by atoms with Gasteiger partial charge in [0.1, 0.15) is 5.01 Å². The van der Waals surface area contributed by atoms with Crippen molar-refractivity contribution in [2.24, 2.45) is 5.14 Å². The van der Waals surface area contributed by atoms with E-state index in [0.717, 1.165) is 23.9 Å². The second-order valence-corrected chi connectivity index (χ2v) is 9.10. The molecule has 1 aromatic carbocycles. The fourth-order valence-electron chi connectivity index (χ4n) is 1.76. The Kier molecular flexibility index (Phi) is 3.67. The molecule has 118 valence electrons. The van der Waals surface area contributed by atoms with Crippen molar-refractivity contribution in [2.45, 2.75) is 28.6 Å². The second kappa shape index (κ2) is 5.26. The van der Waals surface area contributed by atoms with Crippen molar-refractivity contribution in [3.05, 3.63) is 29.3 Å². The summed E-state index contributed by atoms with van der Waals surface area (Å²) in [5.74, 6) is 0.376. The van der Waals surface area contributed by atoms with Crippen LogP contribution in [0.25, 0.3) is 0 Å². The van der Waals surface area contributed by atoms with Crippen LogP contribution in [0.2, 0.25) is 0 Å². The molecule has 22 heavy (non-hydrogen) atoms. The highest BCUT2D eigenvalue weighted by molar-refractivity contribution is 7.93. The Morgan fingerprint density at radius 3 is 2.45 bits per heavy atom. The monoisotopic (exact) mass is 360 g/mol. The molecule has 1 saturated carbocycles. The van der Waals surface area contributed by atoms with E-state index in [1.54, 1.807) is 0 Å². The molecule has 3 N–H and O–H groups in total. The molecule has 1 fully saturated rings. The molecule has 2 aromatic rings. The highest BCUT2D eigenvalue weighted by Gasteiger charge is 2.28. The van der Waals surface area contributed by atoms with Crippen LogP contribution in [0.4, 0.5) is 5.13 Å². The number of sulfonamides is 2. The van der Waals surface area contributed by atoms with Gasteiger partial charge in [-0.1, -0.05) is 17.4 Å².